The van der Waals surface area contributed by atoms with Crippen LogP contribution in [-0.4, -0.2) is 39.7 Å². The fraction of sp³-hybridized carbons (Fsp3) is 0.625. The maximum Gasteiger partial charge on any atom is 0.264 e. The average Bonchev–Trinajstić information content (AvgIpc) is 3.07. The average molecular weight is 357 g/mol. The predicted molar refractivity (Wildman–Crippen MR) is 97.7 cm³/mol. The lowest BCUT2D eigenvalue weighted by atomic mass is 10.0. The van der Waals surface area contributed by atoms with E-state index in [-0.39, 0.29) is 24.4 Å². The lowest BCUT2D eigenvalue weighted by Gasteiger charge is -2.34. The number of fused-ring (bicyclic) bond motifs is 1. The van der Waals surface area contributed by atoms with Crippen LogP contribution in [0.1, 0.15) is 54.4 Å². The molecule has 0 radical (unpaired) electrons. The van der Waals surface area contributed by atoms with Crippen LogP contribution in [0, 0.1) is 0 Å². The van der Waals surface area contributed by atoms with Crippen LogP contribution in [-0.2, 0) is 7.05 Å². The highest BCUT2D eigenvalue weighted by atomic mass is 35.5. The van der Waals surface area contributed by atoms with Crippen LogP contribution in [0.4, 0.5) is 0 Å². The molecule has 2 aromatic rings. The van der Waals surface area contributed by atoms with Crippen molar-refractivity contribution in [3.8, 4) is 0 Å². The number of rotatable bonds is 3. The first-order valence-electron chi connectivity index (χ1n) is 8.00. The molecule has 0 aromatic carbocycles. The molecule has 0 aliphatic carbocycles. The maximum absolute atomic E-state index is 12.9. The number of carbonyl (C=O) groups is 1. The molecule has 1 saturated heterocycles. The van der Waals surface area contributed by atoms with Gasteiger partial charge in [-0.2, -0.15) is 5.10 Å². The van der Waals surface area contributed by atoms with Gasteiger partial charge in [-0.15, -0.1) is 23.7 Å². The van der Waals surface area contributed by atoms with Crippen LogP contribution in [0.15, 0.2) is 6.07 Å². The van der Waals surface area contributed by atoms with Crippen molar-refractivity contribution in [2.24, 2.45) is 12.8 Å². The van der Waals surface area contributed by atoms with Gasteiger partial charge in [0.15, 0.2) is 0 Å². The molecule has 1 atom stereocenters. The van der Waals surface area contributed by atoms with Crippen molar-refractivity contribution in [1.82, 2.24) is 14.7 Å². The minimum atomic E-state index is 0. The van der Waals surface area contributed by atoms with E-state index in [1.54, 1.807) is 11.3 Å². The highest BCUT2D eigenvalue weighted by Gasteiger charge is 2.28. The van der Waals surface area contributed by atoms with Gasteiger partial charge >= 0.3 is 0 Å². The third-order valence-corrected chi connectivity index (χ3v) is 5.65. The number of amides is 1. The van der Waals surface area contributed by atoms with E-state index < -0.39 is 0 Å². The summed E-state index contributed by atoms with van der Waals surface area (Å²) in [6.45, 7) is 5.64. The summed E-state index contributed by atoms with van der Waals surface area (Å²) >= 11 is 1.54. The van der Waals surface area contributed by atoms with Gasteiger partial charge in [0.25, 0.3) is 5.91 Å². The Hall–Kier alpha value is -1.11. The number of halogens is 1. The van der Waals surface area contributed by atoms with Gasteiger partial charge in [0.05, 0.1) is 10.6 Å². The van der Waals surface area contributed by atoms with Crippen molar-refractivity contribution in [1.29, 1.82) is 0 Å². The van der Waals surface area contributed by atoms with E-state index in [1.165, 1.54) is 6.42 Å². The Kier molecular flexibility index (Phi) is 5.70. The molecular weight excluding hydrogens is 332 g/mol. The number of nitrogens with zero attached hydrogens (tertiary/aromatic N) is 3. The molecule has 0 bridgehead atoms. The minimum Gasteiger partial charge on any atom is -0.334 e. The second-order valence-electron chi connectivity index (χ2n) is 6.38. The third kappa shape index (κ3) is 3.25. The van der Waals surface area contributed by atoms with Crippen LogP contribution in [0.3, 0.4) is 0 Å². The first-order chi connectivity index (χ1) is 10.5. The number of aromatic nitrogens is 2. The first-order valence-corrected chi connectivity index (χ1v) is 8.82. The Morgan fingerprint density at radius 1 is 1.48 bits per heavy atom. The quantitative estimate of drug-likeness (QED) is 0.918. The third-order valence-electron chi connectivity index (χ3n) is 4.46. The molecule has 0 saturated carbocycles. The number of likely N-dealkylation sites (tertiary alicyclic amines) is 1. The van der Waals surface area contributed by atoms with E-state index in [9.17, 15) is 4.79 Å². The van der Waals surface area contributed by atoms with Gasteiger partial charge in [0.2, 0.25) is 0 Å². The van der Waals surface area contributed by atoms with Gasteiger partial charge in [-0.05, 0) is 31.2 Å². The Morgan fingerprint density at radius 2 is 2.22 bits per heavy atom. The Balaban J connectivity index is 0.00000192. The van der Waals surface area contributed by atoms with Crippen molar-refractivity contribution in [3.05, 3.63) is 16.6 Å². The molecule has 2 N–H and O–H groups in total. The van der Waals surface area contributed by atoms with Crippen LogP contribution in [0.25, 0.3) is 10.2 Å². The zero-order valence-corrected chi connectivity index (χ0v) is 15.5. The zero-order valence-electron chi connectivity index (χ0n) is 13.9. The number of piperidine rings is 1. The summed E-state index contributed by atoms with van der Waals surface area (Å²) in [7, 11) is 1.95. The van der Waals surface area contributed by atoms with E-state index in [4.69, 9.17) is 5.73 Å². The second-order valence-corrected chi connectivity index (χ2v) is 7.41. The van der Waals surface area contributed by atoms with Crippen LogP contribution in [0.5, 0.6) is 0 Å². The number of hydrogen-bond donors (Lipinski definition) is 1. The van der Waals surface area contributed by atoms with E-state index in [2.05, 4.69) is 18.9 Å². The molecule has 128 valence electrons. The standard InChI is InChI=1S/C16H24N4OS.ClH/c1-10(2)14-12-8-13(22-16(12)19(3)18-14)15(21)20-7-5-4-6-11(20)9-17;/h8,10-11H,4-7,9,17H2,1-3H3;1H. The van der Waals surface area contributed by atoms with Crippen molar-refractivity contribution < 1.29 is 4.79 Å². The topological polar surface area (TPSA) is 64.2 Å². The fourth-order valence-corrected chi connectivity index (χ4v) is 4.29. The van der Waals surface area contributed by atoms with E-state index in [0.29, 0.717) is 12.5 Å². The predicted octanol–water partition coefficient (Wildman–Crippen LogP) is 3.13. The largest absolute Gasteiger partial charge is 0.334 e. The monoisotopic (exact) mass is 356 g/mol. The molecule has 0 spiro atoms. The summed E-state index contributed by atoms with van der Waals surface area (Å²) in [6.07, 6.45) is 3.26. The molecular formula is C16H25ClN4OS. The number of aryl methyl sites for hydroxylation is 1. The first kappa shape index (κ1) is 18.2. The SMILES string of the molecule is CC(C)c1nn(C)c2sc(C(=O)N3CCCCC3CN)cc12.Cl. The van der Waals surface area contributed by atoms with Gasteiger partial charge in [0.1, 0.15) is 4.83 Å². The molecule has 1 aliphatic rings. The second kappa shape index (κ2) is 7.20. The van der Waals surface area contributed by atoms with Crippen molar-refractivity contribution in [3.63, 3.8) is 0 Å². The van der Waals surface area contributed by atoms with E-state index >= 15 is 0 Å². The van der Waals surface area contributed by atoms with Crippen molar-refractivity contribution >= 4 is 39.9 Å². The molecule has 1 unspecified atom stereocenters. The summed E-state index contributed by atoms with van der Waals surface area (Å²) in [5, 5.41) is 5.69. The molecule has 1 aliphatic heterocycles. The lowest BCUT2D eigenvalue weighted by Crippen LogP contribution is -2.47. The molecule has 23 heavy (non-hydrogen) atoms. The Morgan fingerprint density at radius 3 is 2.87 bits per heavy atom. The smallest absolute Gasteiger partial charge is 0.264 e. The van der Waals surface area contributed by atoms with Gasteiger partial charge in [-0.25, -0.2) is 0 Å². The summed E-state index contributed by atoms with van der Waals surface area (Å²) in [5.41, 5.74) is 6.92. The fourth-order valence-electron chi connectivity index (χ4n) is 3.25. The van der Waals surface area contributed by atoms with Crippen LogP contribution in [0.2, 0.25) is 0 Å². The van der Waals surface area contributed by atoms with Gasteiger partial charge in [0, 0.05) is 31.6 Å². The summed E-state index contributed by atoms with van der Waals surface area (Å²) in [6, 6.07) is 2.21. The summed E-state index contributed by atoms with van der Waals surface area (Å²) in [4.78, 5) is 16.7. The number of thiophene rings is 1. The number of hydrogen-bond acceptors (Lipinski definition) is 4. The molecule has 3 rings (SSSR count). The summed E-state index contributed by atoms with van der Waals surface area (Å²) in [5.74, 6) is 0.485. The molecule has 1 fully saturated rings. The van der Waals surface area contributed by atoms with Gasteiger partial charge < -0.3 is 10.6 Å². The summed E-state index contributed by atoms with van der Waals surface area (Å²) < 4.78 is 1.89. The normalized spacial score (nSPS) is 18.5. The zero-order chi connectivity index (χ0) is 15.9. The Bertz CT molecular complexity index is 694. The van der Waals surface area contributed by atoms with Crippen molar-refractivity contribution in [2.45, 2.75) is 45.1 Å². The van der Waals surface area contributed by atoms with E-state index in [1.807, 2.05) is 22.7 Å². The molecule has 3 heterocycles. The van der Waals surface area contributed by atoms with Gasteiger partial charge in [-0.1, -0.05) is 13.8 Å². The Labute approximate surface area is 147 Å². The van der Waals surface area contributed by atoms with Crippen LogP contribution < -0.4 is 5.73 Å². The lowest BCUT2D eigenvalue weighted by molar-refractivity contribution is 0.0628. The maximum atomic E-state index is 12.9. The van der Waals surface area contributed by atoms with Crippen LogP contribution >= 0.6 is 23.7 Å². The minimum absolute atomic E-state index is 0. The molecule has 2 aromatic heterocycles. The highest BCUT2D eigenvalue weighted by molar-refractivity contribution is 7.20. The van der Waals surface area contributed by atoms with E-state index in [0.717, 1.165) is 40.2 Å². The molecule has 1 amide bonds. The van der Waals surface area contributed by atoms with Gasteiger partial charge in [-0.3, -0.25) is 9.48 Å². The highest BCUT2D eigenvalue weighted by Crippen LogP contribution is 2.33. The van der Waals surface area contributed by atoms with Crippen molar-refractivity contribution in [2.75, 3.05) is 13.1 Å². The molecule has 7 heteroatoms. The molecule has 5 nitrogen and oxygen atoms in total. The number of carbonyl (C=O) groups excluding carboxylic acids is 1. The number of nitrogens with two attached hydrogens (primary N) is 1.